The monoisotopic (exact) mass is 283 g/mol. The van der Waals surface area contributed by atoms with Gasteiger partial charge in [-0.2, -0.15) is 0 Å². The fourth-order valence-corrected chi connectivity index (χ4v) is 3.88. The van der Waals surface area contributed by atoms with E-state index in [1.807, 2.05) is 6.92 Å². The zero-order valence-corrected chi connectivity index (χ0v) is 12.5. The molecule has 6 heteroatoms. The van der Waals surface area contributed by atoms with Gasteiger partial charge in [-0.1, -0.05) is 32.0 Å². The topological polar surface area (TPSA) is 68.0 Å². The van der Waals surface area contributed by atoms with Gasteiger partial charge in [-0.05, 0) is 31.6 Å². The van der Waals surface area contributed by atoms with Crippen molar-refractivity contribution in [3.05, 3.63) is 5.82 Å². The Bertz CT molecular complexity index is 461. The van der Waals surface area contributed by atoms with E-state index < -0.39 is 5.97 Å². The maximum Gasteiger partial charge on any atom is 0.313 e. The van der Waals surface area contributed by atoms with Gasteiger partial charge in [-0.15, -0.1) is 10.2 Å². The molecule has 5 nitrogen and oxygen atoms in total. The molecule has 3 atom stereocenters. The summed E-state index contributed by atoms with van der Waals surface area (Å²) in [7, 11) is 0. The van der Waals surface area contributed by atoms with Crippen LogP contribution < -0.4 is 0 Å². The minimum atomic E-state index is -0.817. The molecule has 1 N–H and O–H groups in total. The van der Waals surface area contributed by atoms with Crippen LogP contribution in [0.5, 0.6) is 0 Å². The highest BCUT2D eigenvalue weighted by atomic mass is 32.2. The molecule has 1 fully saturated rings. The van der Waals surface area contributed by atoms with Crippen molar-refractivity contribution in [1.82, 2.24) is 14.8 Å². The van der Waals surface area contributed by atoms with Crippen LogP contribution in [0.3, 0.4) is 0 Å². The quantitative estimate of drug-likeness (QED) is 0.842. The van der Waals surface area contributed by atoms with Crippen molar-refractivity contribution < 1.29 is 9.90 Å². The van der Waals surface area contributed by atoms with Gasteiger partial charge in [-0.3, -0.25) is 4.79 Å². The van der Waals surface area contributed by atoms with Crippen LogP contribution in [0.4, 0.5) is 0 Å². The van der Waals surface area contributed by atoms with E-state index in [9.17, 15) is 4.79 Å². The number of hydrogen-bond acceptors (Lipinski definition) is 4. The molecule has 1 saturated carbocycles. The predicted octanol–water partition coefficient (Wildman–Crippen LogP) is 2.76. The zero-order valence-electron chi connectivity index (χ0n) is 11.7. The first-order valence-corrected chi connectivity index (χ1v) is 7.79. The van der Waals surface area contributed by atoms with Gasteiger partial charge in [-0.25, -0.2) is 0 Å². The third kappa shape index (κ3) is 2.94. The van der Waals surface area contributed by atoms with Crippen LogP contribution in [0.15, 0.2) is 5.16 Å². The minimum Gasteiger partial charge on any atom is -0.481 e. The summed E-state index contributed by atoms with van der Waals surface area (Å²) in [5, 5.41) is 17.8. The fourth-order valence-electron chi connectivity index (χ4n) is 3.12. The molecule has 0 spiro atoms. The number of rotatable bonds is 5. The highest BCUT2D eigenvalue weighted by Gasteiger charge is 2.34. The third-order valence-corrected chi connectivity index (χ3v) is 5.13. The molecule has 106 valence electrons. The van der Waals surface area contributed by atoms with E-state index in [-0.39, 0.29) is 5.75 Å². The lowest BCUT2D eigenvalue weighted by Gasteiger charge is -2.23. The molecule has 1 heterocycles. The number of aliphatic carboxylic acids is 1. The lowest BCUT2D eigenvalue weighted by Crippen LogP contribution is -2.18. The number of hydrogen-bond donors (Lipinski definition) is 1. The van der Waals surface area contributed by atoms with Crippen molar-refractivity contribution >= 4 is 17.7 Å². The van der Waals surface area contributed by atoms with Crippen LogP contribution in [-0.2, 0) is 4.79 Å². The Morgan fingerprint density at radius 3 is 2.79 bits per heavy atom. The molecule has 0 radical (unpaired) electrons. The second-order valence-electron chi connectivity index (χ2n) is 5.25. The molecule has 2 rings (SSSR count). The molecule has 1 aliphatic carbocycles. The van der Waals surface area contributed by atoms with Gasteiger partial charge in [0.2, 0.25) is 0 Å². The van der Waals surface area contributed by atoms with Gasteiger partial charge in [0.15, 0.2) is 5.16 Å². The molecule has 0 bridgehead atoms. The largest absolute Gasteiger partial charge is 0.481 e. The van der Waals surface area contributed by atoms with Gasteiger partial charge < -0.3 is 9.67 Å². The van der Waals surface area contributed by atoms with Crippen LogP contribution in [0.25, 0.3) is 0 Å². The van der Waals surface area contributed by atoms with Crippen molar-refractivity contribution in [1.29, 1.82) is 0 Å². The molecular weight excluding hydrogens is 262 g/mol. The number of aryl methyl sites for hydroxylation is 1. The van der Waals surface area contributed by atoms with Gasteiger partial charge in [0.25, 0.3) is 0 Å². The van der Waals surface area contributed by atoms with E-state index >= 15 is 0 Å². The summed E-state index contributed by atoms with van der Waals surface area (Å²) in [5.74, 6) is 1.47. The van der Waals surface area contributed by atoms with Gasteiger partial charge in [0, 0.05) is 6.04 Å². The Kier molecular flexibility index (Phi) is 4.50. The molecule has 0 aliphatic heterocycles. The fraction of sp³-hybridized carbons (Fsp3) is 0.769. The first-order chi connectivity index (χ1) is 9.04. The summed E-state index contributed by atoms with van der Waals surface area (Å²) in [4.78, 5) is 10.7. The number of carbonyl (C=O) groups is 1. The molecular formula is C13H21N3O2S. The smallest absolute Gasteiger partial charge is 0.313 e. The summed E-state index contributed by atoms with van der Waals surface area (Å²) in [6.45, 7) is 6.48. The standard InChI is InChI=1S/C13H21N3O2S/c1-4-10-5-6-11(8(10)2)16-9(3)14-15-13(16)19-7-12(17)18/h8,10-11H,4-7H2,1-3H3,(H,17,18). The third-order valence-electron chi connectivity index (χ3n) is 4.20. The van der Waals surface area contributed by atoms with Crippen molar-refractivity contribution in [3.63, 3.8) is 0 Å². The highest BCUT2D eigenvalue weighted by molar-refractivity contribution is 7.99. The summed E-state index contributed by atoms with van der Waals surface area (Å²) >= 11 is 1.26. The summed E-state index contributed by atoms with van der Waals surface area (Å²) < 4.78 is 2.15. The zero-order chi connectivity index (χ0) is 14.0. The van der Waals surface area contributed by atoms with Crippen LogP contribution in [0, 0.1) is 18.8 Å². The summed E-state index contributed by atoms with van der Waals surface area (Å²) in [6, 6.07) is 0.413. The molecule has 1 aromatic rings. The molecule has 3 unspecified atom stereocenters. The van der Waals surface area contributed by atoms with E-state index in [0.717, 1.165) is 23.3 Å². The number of aromatic nitrogens is 3. The van der Waals surface area contributed by atoms with Gasteiger partial charge in [0.05, 0.1) is 5.75 Å². The first-order valence-electron chi connectivity index (χ1n) is 6.80. The number of nitrogens with zero attached hydrogens (tertiary/aromatic N) is 3. The molecule has 1 aromatic heterocycles. The average Bonchev–Trinajstić information content (AvgIpc) is 2.90. The van der Waals surface area contributed by atoms with Crippen molar-refractivity contribution in [2.24, 2.45) is 11.8 Å². The Balaban J connectivity index is 2.19. The molecule has 0 amide bonds. The Labute approximate surface area is 117 Å². The van der Waals surface area contributed by atoms with Crippen molar-refractivity contribution in [2.75, 3.05) is 5.75 Å². The first kappa shape index (κ1) is 14.4. The molecule has 19 heavy (non-hydrogen) atoms. The van der Waals surface area contributed by atoms with E-state index in [1.54, 1.807) is 0 Å². The normalized spacial score (nSPS) is 26.8. The van der Waals surface area contributed by atoms with E-state index in [0.29, 0.717) is 12.0 Å². The van der Waals surface area contributed by atoms with Gasteiger partial charge >= 0.3 is 5.97 Å². The molecule has 1 aliphatic rings. The summed E-state index contributed by atoms with van der Waals surface area (Å²) in [5.41, 5.74) is 0. The van der Waals surface area contributed by atoms with Crippen molar-refractivity contribution in [2.45, 2.75) is 51.2 Å². The molecule has 0 aromatic carbocycles. The maximum absolute atomic E-state index is 10.7. The predicted molar refractivity (Wildman–Crippen MR) is 74.3 cm³/mol. The Morgan fingerprint density at radius 2 is 2.21 bits per heavy atom. The Morgan fingerprint density at radius 1 is 1.47 bits per heavy atom. The number of carboxylic acids is 1. The second-order valence-corrected chi connectivity index (χ2v) is 6.20. The van der Waals surface area contributed by atoms with Crippen LogP contribution in [0.1, 0.15) is 45.0 Å². The van der Waals surface area contributed by atoms with Crippen LogP contribution >= 0.6 is 11.8 Å². The van der Waals surface area contributed by atoms with Gasteiger partial charge in [0.1, 0.15) is 5.82 Å². The lowest BCUT2D eigenvalue weighted by atomic mass is 9.93. The van der Waals surface area contributed by atoms with Crippen molar-refractivity contribution in [3.8, 4) is 0 Å². The second kappa shape index (κ2) is 5.94. The number of carboxylic acid groups (broad SMARTS) is 1. The van der Waals surface area contributed by atoms with E-state index in [4.69, 9.17) is 5.11 Å². The SMILES string of the molecule is CCC1CCC(n2c(C)nnc2SCC(=O)O)C1C. The lowest BCUT2D eigenvalue weighted by molar-refractivity contribution is -0.133. The minimum absolute atomic E-state index is 0.0381. The number of thioether (sulfide) groups is 1. The average molecular weight is 283 g/mol. The summed E-state index contributed by atoms with van der Waals surface area (Å²) in [6.07, 6.45) is 3.58. The highest BCUT2D eigenvalue weighted by Crippen LogP contribution is 2.43. The van der Waals surface area contributed by atoms with Crippen LogP contribution in [0.2, 0.25) is 0 Å². The van der Waals surface area contributed by atoms with E-state index in [2.05, 4.69) is 28.6 Å². The Hall–Kier alpha value is -1.04. The van der Waals surface area contributed by atoms with Crippen LogP contribution in [-0.4, -0.2) is 31.6 Å². The van der Waals surface area contributed by atoms with E-state index in [1.165, 1.54) is 24.6 Å². The maximum atomic E-state index is 10.7. The molecule has 0 saturated heterocycles.